The third-order valence-electron chi connectivity index (χ3n) is 3.12. The van der Waals surface area contributed by atoms with E-state index in [0.717, 1.165) is 31.4 Å². The molecule has 2 atom stereocenters. The van der Waals surface area contributed by atoms with Gasteiger partial charge in [-0.1, -0.05) is 25.5 Å². The van der Waals surface area contributed by atoms with E-state index in [4.69, 9.17) is 4.74 Å². The van der Waals surface area contributed by atoms with E-state index in [0.29, 0.717) is 0 Å². The molecule has 0 amide bonds. The predicted molar refractivity (Wildman–Crippen MR) is 64.7 cm³/mol. The molecule has 1 aliphatic rings. The fraction of sp³-hybridized carbons (Fsp3) is 0.571. The van der Waals surface area contributed by atoms with Crippen LogP contribution in [0.2, 0.25) is 0 Å². The monoisotopic (exact) mass is 220 g/mol. The van der Waals surface area contributed by atoms with Crippen molar-refractivity contribution in [2.45, 2.75) is 51.2 Å². The van der Waals surface area contributed by atoms with E-state index in [-0.39, 0.29) is 12.2 Å². The van der Waals surface area contributed by atoms with Crippen molar-refractivity contribution in [3.8, 4) is 5.75 Å². The van der Waals surface area contributed by atoms with Crippen LogP contribution in [0.3, 0.4) is 0 Å². The fourth-order valence-corrected chi connectivity index (χ4v) is 2.24. The first-order chi connectivity index (χ1) is 7.78. The van der Waals surface area contributed by atoms with Crippen molar-refractivity contribution in [3.05, 3.63) is 29.8 Å². The fourth-order valence-electron chi connectivity index (χ4n) is 2.24. The normalized spacial score (nSPS) is 24.6. The summed E-state index contributed by atoms with van der Waals surface area (Å²) in [4.78, 5) is 0. The molecule has 0 radical (unpaired) electrons. The highest BCUT2D eigenvalue weighted by atomic mass is 16.5. The molecule has 16 heavy (non-hydrogen) atoms. The average molecular weight is 220 g/mol. The minimum absolute atomic E-state index is 0.163. The molecule has 0 saturated heterocycles. The molecule has 1 aromatic rings. The van der Waals surface area contributed by atoms with Crippen LogP contribution < -0.4 is 4.74 Å². The summed E-state index contributed by atoms with van der Waals surface area (Å²) in [6.45, 7) is 2.18. The molecule has 2 rings (SSSR count). The van der Waals surface area contributed by atoms with Crippen LogP contribution in [-0.2, 0) is 6.42 Å². The zero-order chi connectivity index (χ0) is 11.4. The molecule has 1 aromatic carbocycles. The van der Waals surface area contributed by atoms with Crippen LogP contribution in [-0.4, -0.2) is 17.3 Å². The quantitative estimate of drug-likeness (QED) is 0.845. The third-order valence-corrected chi connectivity index (χ3v) is 3.12. The Morgan fingerprint density at radius 3 is 2.56 bits per heavy atom. The van der Waals surface area contributed by atoms with Crippen LogP contribution in [0.5, 0.6) is 5.75 Å². The van der Waals surface area contributed by atoms with Crippen LogP contribution in [0.1, 0.15) is 38.2 Å². The topological polar surface area (TPSA) is 29.5 Å². The van der Waals surface area contributed by atoms with E-state index < -0.39 is 0 Å². The maximum absolute atomic E-state index is 9.41. The molecule has 88 valence electrons. The molecule has 1 aliphatic carbocycles. The second-order valence-electron chi connectivity index (χ2n) is 4.60. The van der Waals surface area contributed by atoms with Crippen LogP contribution >= 0.6 is 0 Å². The summed E-state index contributed by atoms with van der Waals surface area (Å²) >= 11 is 0. The van der Waals surface area contributed by atoms with Gasteiger partial charge in [0.15, 0.2) is 0 Å². The van der Waals surface area contributed by atoms with Crippen LogP contribution in [0.4, 0.5) is 0 Å². The Hall–Kier alpha value is -1.02. The first-order valence-corrected chi connectivity index (χ1v) is 6.21. The Kier molecular flexibility index (Phi) is 3.83. The Morgan fingerprint density at radius 2 is 2.00 bits per heavy atom. The smallest absolute Gasteiger partial charge is 0.119 e. The molecule has 0 aliphatic heterocycles. The number of aliphatic hydroxyl groups is 1. The molecule has 2 unspecified atom stereocenters. The zero-order valence-corrected chi connectivity index (χ0v) is 9.86. The highest BCUT2D eigenvalue weighted by molar-refractivity contribution is 5.27. The molecule has 0 spiro atoms. The van der Waals surface area contributed by atoms with Crippen molar-refractivity contribution >= 4 is 0 Å². The van der Waals surface area contributed by atoms with Gasteiger partial charge in [-0.05, 0) is 37.0 Å². The number of rotatable bonds is 4. The highest BCUT2D eigenvalue weighted by Crippen LogP contribution is 2.24. The van der Waals surface area contributed by atoms with Gasteiger partial charge >= 0.3 is 0 Å². The summed E-state index contributed by atoms with van der Waals surface area (Å²) in [5, 5.41) is 9.41. The number of aryl methyl sites for hydroxylation is 1. The minimum atomic E-state index is -0.163. The second kappa shape index (κ2) is 5.35. The standard InChI is InChI=1S/C14H20O2/c1-2-3-11-4-7-13(8-5-11)16-14-9-6-12(15)10-14/h4-5,7-8,12,14-15H,2-3,6,9-10H2,1H3. The van der Waals surface area contributed by atoms with Crippen LogP contribution in [0.25, 0.3) is 0 Å². The average Bonchev–Trinajstić information content (AvgIpc) is 2.67. The summed E-state index contributed by atoms with van der Waals surface area (Å²) in [7, 11) is 0. The maximum Gasteiger partial charge on any atom is 0.119 e. The molecule has 0 aromatic heterocycles. The lowest BCUT2D eigenvalue weighted by atomic mass is 10.1. The first kappa shape index (κ1) is 11.5. The summed E-state index contributed by atoms with van der Waals surface area (Å²) < 4.78 is 5.82. The van der Waals surface area contributed by atoms with Crippen LogP contribution in [0, 0.1) is 0 Å². The molecule has 1 fully saturated rings. The molecule has 1 N–H and O–H groups in total. The number of ether oxygens (including phenoxy) is 1. The van der Waals surface area contributed by atoms with Crippen molar-refractivity contribution in [3.63, 3.8) is 0 Å². The van der Waals surface area contributed by atoms with Gasteiger partial charge in [0.25, 0.3) is 0 Å². The van der Waals surface area contributed by atoms with E-state index in [1.165, 1.54) is 12.0 Å². The molecule has 0 bridgehead atoms. The summed E-state index contributed by atoms with van der Waals surface area (Å²) in [6, 6.07) is 8.33. The van der Waals surface area contributed by atoms with Crippen LogP contribution in [0.15, 0.2) is 24.3 Å². The maximum atomic E-state index is 9.41. The largest absolute Gasteiger partial charge is 0.490 e. The van der Waals surface area contributed by atoms with Crippen molar-refractivity contribution in [1.29, 1.82) is 0 Å². The Labute approximate surface area is 97.3 Å². The first-order valence-electron chi connectivity index (χ1n) is 6.21. The zero-order valence-electron chi connectivity index (χ0n) is 9.86. The lowest BCUT2D eigenvalue weighted by Gasteiger charge is -2.13. The van der Waals surface area contributed by atoms with Gasteiger partial charge < -0.3 is 9.84 Å². The van der Waals surface area contributed by atoms with Gasteiger partial charge in [0.05, 0.1) is 6.10 Å². The minimum Gasteiger partial charge on any atom is -0.490 e. The lowest BCUT2D eigenvalue weighted by Crippen LogP contribution is -2.13. The van der Waals surface area contributed by atoms with Gasteiger partial charge in [0.2, 0.25) is 0 Å². The van der Waals surface area contributed by atoms with Crippen molar-refractivity contribution < 1.29 is 9.84 Å². The SMILES string of the molecule is CCCc1ccc(OC2CCC(O)C2)cc1. The van der Waals surface area contributed by atoms with Gasteiger partial charge in [-0.15, -0.1) is 0 Å². The second-order valence-corrected chi connectivity index (χ2v) is 4.60. The Balaban J connectivity index is 1.89. The molecule has 2 nitrogen and oxygen atoms in total. The van der Waals surface area contributed by atoms with E-state index in [2.05, 4.69) is 19.1 Å². The van der Waals surface area contributed by atoms with Gasteiger partial charge in [0.1, 0.15) is 11.9 Å². The molecule has 2 heteroatoms. The number of hydrogen-bond acceptors (Lipinski definition) is 2. The summed E-state index contributed by atoms with van der Waals surface area (Å²) in [5.74, 6) is 0.930. The van der Waals surface area contributed by atoms with Gasteiger partial charge in [-0.25, -0.2) is 0 Å². The Bertz CT molecular complexity index is 318. The van der Waals surface area contributed by atoms with Gasteiger partial charge in [0, 0.05) is 6.42 Å². The molecule has 0 heterocycles. The predicted octanol–water partition coefficient (Wildman–Crippen LogP) is 2.93. The number of hydrogen-bond donors (Lipinski definition) is 1. The Morgan fingerprint density at radius 1 is 1.25 bits per heavy atom. The summed E-state index contributed by atoms with van der Waals surface area (Å²) in [6.07, 6.45) is 4.96. The van der Waals surface area contributed by atoms with E-state index >= 15 is 0 Å². The van der Waals surface area contributed by atoms with Crippen molar-refractivity contribution in [1.82, 2.24) is 0 Å². The van der Waals surface area contributed by atoms with Crippen molar-refractivity contribution in [2.75, 3.05) is 0 Å². The lowest BCUT2D eigenvalue weighted by molar-refractivity contribution is 0.150. The van der Waals surface area contributed by atoms with Gasteiger partial charge in [-0.3, -0.25) is 0 Å². The molecular weight excluding hydrogens is 200 g/mol. The van der Waals surface area contributed by atoms with Crippen molar-refractivity contribution in [2.24, 2.45) is 0 Å². The van der Waals surface area contributed by atoms with E-state index in [9.17, 15) is 5.11 Å². The summed E-state index contributed by atoms with van der Waals surface area (Å²) in [5.41, 5.74) is 1.36. The highest BCUT2D eigenvalue weighted by Gasteiger charge is 2.24. The van der Waals surface area contributed by atoms with E-state index in [1.807, 2.05) is 12.1 Å². The number of aliphatic hydroxyl groups excluding tert-OH is 1. The molecular formula is C14H20O2. The van der Waals surface area contributed by atoms with E-state index in [1.54, 1.807) is 0 Å². The molecule has 1 saturated carbocycles. The third kappa shape index (κ3) is 2.99. The number of benzene rings is 1. The van der Waals surface area contributed by atoms with Gasteiger partial charge in [-0.2, -0.15) is 0 Å².